The second-order valence-corrected chi connectivity index (χ2v) is 5.45. The number of fused-ring (bicyclic) bond motifs is 1. The summed E-state index contributed by atoms with van der Waals surface area (Å²) < 4.78 is 0. The van der Waals surface area contributed by atoms with Gasteiger partial charge in [-0.05, 0) is 41.8 Å². The van der Waals surface area contributed by atoms with E-state index in [0.717, 1.165) is 10.8 Å². The molecule has 0 unspecified atom stereocenters. The molecule has 3 aromatic rings. The Hall–Kier alpha value is -3.54. The average molecular weight is 335 g/mol. The maximum Gasteiger partial charge on any atom is 0.323 e. The molecule has 25 heavy (non-hydrogen) atoms. The molecule has 0 aliphatic heterocycles. The van der Waals surface area contributed by atoms with Crippen LogP contribution in [0.1, 0.15) is 10.4 Å². The topological polar surface area (TPSA) is 90.5 Å². The molecular weight excluding hydrogens is 318 g/mol. The first-order valence-corrected chi connectivity index (χ1v) is 7.69. The van der Waals surface area contributed by atoms with Crippen LogP contribution < -0.4 is 16.0 Å². The lowest BCUT2D eigenvalue weighted by Gasteiger charge is -2.11. The van der Waals surface area contributed by atoms with Crippen molar-refractivity contribution in [2.45, 2.75) is 0 Å². The molecular formula is C19H17N3O3. The molecule has 3 aromatic carbocycles. The number of anilines is 2. The quantitative estimate of drug-likeness (QED) is 0.590. The Morgan fingerprint density at radius 2 is 1.72 bits per heavy atom. The van der Waals surface area contributed by atoms with Crippen molar-refractivity contribution < 1.29 is 14.7 Å². The maximum atomic E-state index is 12.3. The monoisotopic (exact) mass is 335 g/mol. The number of phenols is 1. The van der Waals surface area contributed by atoms with Crippen LogP contribution in [0, 0.1) is 0 Å². The van der Waals surface area contributed by atoms with Crippen LogP contribution in [0.2, 0.25) is 0 Å². The first kappa shape index (κ1) is 16.3. The van der Waals surface area contributed by atoms with Crippen molar-refractivity contribution in [3.8, 4) is 5.75 Å². The van der Waals surface area contributed by atoms with Crippen molar-refractivity contribution in [2.75, 3.05) is 17.7 Å². The van der Waals surface area contributed by atoms with E-state index in [9.17, 15) is 14.7 Å². The summed E-state index contributed by atoms with van der Waals surface area (Å²) in [5, 5.41) is 19.3. The molecule has 4 N–H and O–H groups in total. The lowest BCUT2D eigenvalue weighted by Crippen LogP contribution is -2.21. The zero-order valence-electron chi connectivity index (χ0n) is 13.5. The van der Waals surface area contributed by atoms with Gasteiger partial charge in [0, 0.05) is 23.7 Å². The highest BCUT2D eigenvalue weighted by Gasteiger charge is 2.08. The largest absolute Gasteiger partial charge is 0.508 e. The highest BCUT2D eigenvalue weighted by Crippen LogP contribution is 2.27. The van der Waals surface area contributed by atoms with Crippen molar-refractivity contribution in [1.82, 2.24) is 5.32 Å². The highest BCUT2D eigenvalue weighted by atomic mass is 16.3. The van der Waals surface area contributed by atoms with Crippen LogP contribution in [0.25, 0.3) is 10.8 Å². The van der Waals surface area contributed by atoms with Crippen molar-refractivity contribution in [3.05, 3.63) is 66.2 Å². The maximum absolute atomic E-state index is 12.3. The molecule has 3 amide bonds. The van der Waals surface area contributed by atoms with Gasteiger partial charge in [0.15, 0.2) is 0 Å². The molecule has 0 saturated heterocycles. The molecule has 0 aromatic heterocycles. The minimum atomic E-state index is -0.440. The summed E-state index contributed by atoms with van der Waals surface area (Å²) in [5.74, 6) is -0.103. The number of carbonyl (C=O) groups is 2. The van der Waals surface area contributed by atoms with E-state index >= 15 is 0 Å². The fourth-order valence-corrected chi connectivity index (χ4v) is 2.54. The average Bonchev–Trinajstić information content (AvgIpc) is 2.61. The van der Waals surface area contributed by atoms with Gasteiger partial charge in [0.2, 0.25) is 0 Å². The molecule has 0 spiro atoms. The van der Waals surface area contributed by atoms with Gasteiger partial charge in [-0.1, -0.05) is 24.3 Å². The van der Waals surface area contributed by atoms with Gasteiger partial charge in [0.25, 0.3) is 5.91 Å². The third-order valence-electron chi connectivity index (χ3n) is 3.72. The van der Waals surface area contributed by atoms with E-state index in [2.05, 4.69) is 16.0 Å². The summed E-state index contributed by atoms with van der Waals surface area (Å²) in [7, 11) is 1.55. The van der Waals surface area contributed by atoms with Crippen LogP contribution in [-0.2, 0) is 0 Å². The zero-order chi connectivity index (χ0) is 17.8. The second-order valence-electron chi connectivity index (χ2n) is 5.45. The van der Waals surface area contributed by atoms with Crippen LogP contribution in [0.15, 0.2) is 60.7 Å². The van der Waals surface area contributed by atoms with Crippen LogP contribution in [0.3, 0.4) is 0 Å². The van der Waals surface area contributed by atoms with E-state index in [1.807, 2.05) is 12.1 Å². The number of aromatic hydroxyl groups is 1. The number of hydrogen-bond acceptors (Lipinski definition) is 3. The van der Waals surface area contributed by atoms with Crippen molar-refractivity contribution in [1.29, 1.82) is 0 Å². The highest BCUT2D eigenvalue weighted by molar-refractivity contribution is 6.07. The van der Waals surface area contributed by atoms with Gasteiger partial charge in [-0.15, -0.1) is 0 Å². The molecule has 6 heteroatoms. The van der Waals surface area contributed by atoms with E-state index in [4.69, 9.17) is 0 Å². The third-order valence-corrected chi connectivity index (χ3v) is 3.72. The molecule has 0 heterocycles. The van der Waals surface area contributed by atoms with Gasteiger partial charge in [0.05, 0.1) is 5.69 Å². The van der Waals surface area contributed by atoms with Gasteiger partial charge >= 0.3 is 6.03 Å². The van der Waals surface area contributed by atoms with Gasteiger partial charge in [-0.3, -0.25) is 4.79 Å². The molecule has 0 aliphatic carbocycles. The molecule has 0 bridgehead atoms. The van der Waals surface area contributed by atoms with Gasteiger partial charge < -0.3 is 21.1 Å². The Labute approximate surface area is 144 Å². The van der Waals surface area contributed by atoms with E-state index < -0.39 is 6.03 Å². The van der Waals surface area contributed by atoms with Gasteiger partial charge in [-0.2, -0.15) is 0 Å². The predicted octanol–water partition coefficient (Wildman–Crippen LogP) is 3.55. The second kappa shape index (κ2) is 6.92. The molecule has 0 fully saturated rings. The van der Waals surface area contributed by atoms with Crippen molar-refractivity contribution in [3.63, 3.8) is 0 Å². The number of urea groups is 1. The number of amides is 3. The van der Waals surface area contributed by atoms with E-state index in [1.165, 1.54) is 0 Å². The fourth-order valence-electron chi connectivity index (χ4n) is 2.54. The molecule has 0 radical (unpaired) electrons. The van der Waals surface area contributed by atoms with Crippen LogP contribution in [0.4, 0.5) is 16.2 Å². The Balaban J connectivity index is 1.80. The number of carbonyl (C=O) groups excluding carboxylic acids is 2. The number of hydrogen-bond donors (Lipinski definition) is 4. The number of rotatable bonds is 3. The summed E-state index contributed by atoms with van der Waals surface area (Å²) in [4.78, 5) is 23.9. The summed E-state index contributed by atoms with van der Waals surface area (Å²) in [5.41, 5.74) is 1.53. The summed E-state index contributed by atoms with van der Waals surface area (Å²) in [6.45, 7) is 0. The normalized spacial score (nSPS) is 10.3. The number of benzene rings is 3. The number of nitrogens with one attached hydrogen (secondary N) is 3. The van der Waals surface area contributed by atoms with Gasteiger partial charge in [0.1, 0.15) is 5.75 Å². The lowest BCUT2D eigenvalue weighted by molar-refractivity contribution is 0.0963. The van der Waals surface area contributed by atoms with E-state index in [1.54, 1.807) is 55.6 Å². The van der Waals surface area contributed by atoms with Crippen molar-refractivity contribution >= 4 is 34.1 Å². The Morgan fingerprint density at radius 1 is 0.920 bits per heavy atom. The SMILES string of the molecule is CNC(=O)c1cccc(NC(=O)Nc2cccc3ccc(O)cc23)c1. The third kappa shape index (κ3) is 3.69. The molecule has 126 valence electrons. The van der Waals surface area contributed by atoms with Crippen LogP contribution >= 0.6 is 0 Å². The molecule has 0 saturated carbocycles. The lowest BCUT2D eigenvalue weighted by atomic mass is 10.1. The first-order valence-electron chi connectivity index (χ1n) is 7.69. The standard InChI is InChI=1S/C19H17N3O3/c1-20-18(24)13-5-2-6-14(10-13)21-19(25)22-17-7-3-4-12-8-9-15(23)11-16(12)17/h2-11,23H,1H3,(H,20,24)(H2,21,22,25). The van der Waals surface area contributed by atoms with Crippen molar-refractivity contribution in [2.24, 2.45) is 0 Å². The number of phenolic OH excluding ortho intramolecular Hbond substituents is 1. The molecule has 6 nitrogen and oxygen atoms in total. The molecule has 3 rings (SSSR count). The first-order chi connectivity index (χ1) is 12.1. The molecule has 0 aliphatic rings. The Kier molecular flexibility index (Phi) is 4.52. The Morgan fingerprint density at radius 3 is 2.52 bits per heavy atom. The fraction of sp³-hybridized carbons (Fsp3) is 0.0526. The predicted molar refractivity (Wildman–Crippen MR) is 98.1 cm³/mol. The van der Waals surface area contributed by atoms with Crippen LogP contribution in [0.5, 0.6) is 5.75 Å². The van der Waals surface area contributed by atoms with E-state index in [0.29, 0.717) is 16.9 Å². The van der Waals surface area contributed by atoms with E-state index in [-0.39, 0.29) is 11.7 Å². The summed E-state index contributed by atoms with van der Waals surface area (Å²) >= 11 is 0. The minimum Gasteiger partial charge on any atom is -0.508 e. The summed E-state index contributed by atoms with van der Waals surface area (Å²) in [6.07, 6.45) is 0. The van der Waals surface area contributed by atoms with Gasteiger partial charge in [-0.25, -0.2) is 4.79 Å². The molecule has 0 atom stereocenters. The van der Waals surface area contributed by atoms with Crippen LogP contribution in [-0.4, -0.2) is 24.1 Å². The zero-order valence-corrected chi connectivity index (χ0v) is 13.5. The summed E-state index contributed by atoms with van der Waals surface area (Å²) in [6, 6.07) is 16.6. The Bertz CT molecular complexity index is 954. The minimum absolute atomic E-state index is 0.125. The smallest absolute Gasteiger partial charge is 0.323 e.